The zero-order valence-corrected chi connectivity index (χ0v) is 19.4. The van der Waals surface area contributed by atoms with Crippen LogP contribution in [0.5, 0.6) is 17.5 Å². The number of halogens is 3. The predicted octanol–water partition coefficient (Wildman–Crippen LogP) is 4.16. The number of rotatable bonds is 6. The summed E-state index contributed by atoms with van der Waals surface area (Å²) in [7, 11) is 0. The number of benzene rings is 1. The van der Waals surface area contributed by atoms with E-state index < -0.39 is 6.36 Å². The Morgan fingerprint density at radius 2 is 1.83 bits per heavy atom. The van der Waals surface area contributed by atoms with Crippen LogP contribution in [0.25, 0.3) is 0 Å². The van der Waals surface area contributed by atoms with Crippen molar-refractivity contribution in [2.45, 2.75) is 58.1 Å². The molecule has 2 N–H and O–H groups in total. The summed E-state index contributed by atoms with van der Waals surface area (Å²) < 4.78 is 54.6. The number of ether oxygens (including phenoxy) is 2. The summed E-state index contributed by atoms with van der Waals surface area (Å²) in [5.41, 5.74) is 6.53. The van der Waals surface area contributed by atoms with Gasteiger partial charge in [0.2, 0.25) is 17.7 Å². The molecular formula is C22H26F3N7O3. The summed E-state index contributed by atoms with van der Waals surface area (Å²) in [4.78, 5) is 6.70. The van der Waals surface area contributed by atoms with Crippen LogP contribution in [0.4, 0.5) is 19.1 Å². The summed E-state index contributed by atoms with van der Waals surface area (Å²) in [5, 5.41) is 13.0. The number of anilines is 1. The molecule has 2 fully saturated rings. The molecule has 2 aliphatic rings. The van der Waals surface area contributed by atoms with Gasteiger partial charge in [-0.2, -0.15) is 4.98 Å². The van der Waals surface area contributed by atoms with E-state index in [0.717, 1.165) is 12.8 Å². The summed E-state index contributed by atoms with van der Waals surface area (Å²) in [6, 6.07) is 4.99. The minimum atomic E-state index is -4.76. The van der Waals surface area contributed by atoms with Crippen molar-refractivity contribution >= 4 is 5.95 Å². The number of aromatic nitrogens is 5. The number of fused-ring (bicyclic) bond motifs is 2. The molecule has 3 aromatic rings. The van der Waals surface area contributed by atoms with Crippen molar-refractivity contribution in [1.82, 2.24) is 25.0 Å². The van der Waals surface area contributed by atoms with Crippen molar-refractivity contribution in [3.63, 3.8) is 0 Å². The van der Waals surface area contributed by atoms with Crippen LogP contribution in [0.15, 0.2) is 28.7 Å². The first-order chi connectivity index (χ1) is 16.6. The molecule has 1 saturated carbocycles. The van der Waals surface area contributed by atoms with Crippen molar-refractivity contribution in [2.75, 3.05) is 11.4 Å². The van der Waals surface area contributed by atoms with E-state index in [1.165, 1.54) is 24.3 Å². The van der Waals surface area contributed by atoms with Crippen LogP contribution in [0, 0.1) is 18.8 Å². The van der Waals surface area contributed by atoms with Gasteiger partial charge in [0, 0.05) is 25.4 Å². The fourth-order valence-corrected chi connectivity index (χ4v) is 4.91. The molecule has 1 saturated heterocycles. The van der Waals surface area contributed by atoms with E-state index >= 15 is 0 Å². The molecule has 2 bridgehead atoms. The number of hydrogen-bond donors (Lipinski definition) is 1. The number of piperidine rings is 1. The zero-order valence-electron chi connectivity index (χ0n) is 19.4. The number of hydrogen-bond acceptors (Lipinski definition) is 9. The largest absolute Gasteiger partial charge is 0.573 e. The van der Waals surface area contributed by atoms with Gasteiger partial charge < -0.3 is 24.5 Å². The van der Waals surface area contributed by atoms with Crippen LogP contribution < -0.4 is 20.1 Å². The molecule has 13 heteroatoms. The van der Waals surface area contributed by atoms with Gasteiger partial charge in [0.15, 0.2) is 0 Å². The summed E-state index contributed by atoms with van der Waals surface area (Å²) in [6.07, 6.45) is -2.83. The molecule has 4 atom stereocenters. The van der Waals surface area contributed by atoms with Gasteiger partial charge in [0.05, 0.1) is 6.04 Å². The first-order valence-corrected chi connectivity index (χ1v) is 11.4. The monoisotopic (exact) mass is 493 g/mol. The molecule has 35 heavy (non-hydrogen) atoms. The number of nitrogens with zero attached hydrogens (tertiary/aromatic N) is 6. The van der Waals surface area contributed by atoms with Gasteiger partial charge in [-0.1, -0.05) is 0 Å². The molecule has 0 spiro atoms. The Bertz CT molecular complexity index is 1180. The van der Waals surface area contributed by atoms with Gasteiger partial charge in [-0.15, -0.1) is 28.5 Å². The minimum absolute atomic E-state index is 0.0174. The zero-order chi connectivity index (χ0) is 24.9. The molecule has 1 aliphatic heterocycles. The Balaban J connectivity index is 1.45. The summed E-state index contributed by atoms with van der Waals surface area (Å²) in [6.45, 7) is 6.24. The highest BCUT2D eigenvalue weighted by Crippen LogP contribution is 2.47. The Morgan fingerprint density at radius 3 is 2.46 bits per heavy atom. The third-order valence-electron chi connectivity index (χ3n) is 6.48. The molecule has 4 unspecified atom stereocenters. The molecule has 0 amide bonds. The molecule has 1 aromatic carbocycles. The maximum atomic E-state index is 12.4. The Kier molecular flexibility index (Phi) is 5.82. The topological polar surface area (TPSA) is 117 Å². The second-order valence-corrected chi connectivity index (χ2v) is 9.19. The van der Waals surface area contributed by atoms with Crippen molar-refractivity contribution in [2.24, 2.45) is 17.6 Å². The van der Waals surface area contributed by atoms with E-state index in [-0.39, 0.29) is 41.7 Å². The highest BCUT2D eigenvalue weighted by molar-refractivity contribution is 5.39. The average Bonchev–Trinajstić information content (AvgIpc) is 3.45. The minimum Gasteiger partial charge on any atom is -0.424 e. The molecule has 10 nitrogen and oxygen atoms in total. The Morgan fingerprint density at radius 1 is 1.11 bits per heavy atom. The lowest BCUT2D eigenvalue weighted by molar-refractivity contribution is -0.274. The van der Waals surface area contributed by atoms with Gasteiger partial charge in [-0.05, 0) is 56.9 Å². The molecule has 1 aliphatic carbocycles. The summed E-state index contributed by atoms with van der Waals surface area (Å²) in [5.74, 6) is 1.75. The number of nitrogens with two attached hydrogens (primary N) is 1. The van der Waals surface area contributed by atoms with E-state index in [9.17, 15) is 13.2 Å². The van der Waals surface area contributed by atoms with Crippen molar-refractivity contribution in [1.29, 1.82) is 0 Å². The lowest BCUT2D eigenvalue weighted by Crippen LogP contribution is -2.51. The normalized spacial score (nSPS) is 24.3. The summed E-state index contributed by atoms with van der Waals surface area (Å²) >= 11 is 0. The highest BCUT2D eigenvalue weighted by atomic mass is 19.4. The third-order valence-corrected chi connectivity index (χ3v) is 6.48. The molecule has 3 heterocycles. The van der Waals surface area contributed by atoms with E-state index in [2.05, 4.69) is 19.9 Å². The van der Waals surface area contributed by atoms with Gasteiger partial charge in [0.25, 0.3) is 0 Å². The SMILES string of the molecule is Cc1nnc(C2C3CCC(CN2c2nc(Oc4ccc(OC(F)(F)F)cc4)n(C(C)C)n2)C3N)o1. The Hall–Kier alpha value is -3.35. The van der Waals surface area contributed by atoms with Crippen molar-refractivity contribution in [3.05, 3.63) is 36.0 Å². The second kappa shape index (κ2) is 8.70. The number of alkyl halides is 3. The third kappa shape index (κ3) is 4.64. The molecular weight excluding hydrogens is 467 g/mol. The highest BCUT2D eigenvalue weighted by Gasteiger charge is 2.50. The fourth-order valence-electron chi connectivity index (χ4n) is 4.91. The van der Waals surface area contributed by atoms with Gasteiger partial charge in [0.1, 0.15) is 17.5 Å². The standard InChI is InChI=1S/C22H26F3N7O3/c1-11(2)32-21(34-14-5-7-15(8-6-14)35-22(23,24)25)27-20(30-32)31-10-13-4-9-16(17(13)26)18(31)19-29-28-12(3)33-19/h5-8,11,13,16-18H,4,9-10,26H2,1-3H3. The maximum Gasteiger partial charge on any atom is 0.573 e. The lowest BCUT2D eigenvalue weighted by atomic mass is 9.86. The van der Waals surface area contributed by atoms with E-state index in [4.69, 9.17) is 20.0 Å². The fraction of sp³-hybridized carbons (Fsp3) is 0.545. The molecule has 5 rings (SSSR count). The van der Waals surface area contributed by atoms with Gasteiger partial charge >= 0.3 is 12.4 Å². The molecule has 0 radical (unpaired) electrons. The van der Waals surface area contributed by atoms with E-state index in [1.54, 1.807) is 11.6 Å². The van der Waals surface area contributed by atoms with Gasteiger partial charge in [-0.25, -0.2) is 4.68 Å². The van der Waals surface area contributed by atoms with Crippen LogP contribution in [0.3, 0.4) is 0 Å². The predicted molar refractivity (Wildman–Crippen MR) is 117 cm³/mol. The van der Waals surface area contributed by atoms with Crippen LogP contribution in [-0.2, 0) is 0 Å². The first kappa shape index (κ1) is 23.4. The average molecular weight is 493 g/mol. The molecule has 188 valence electrons. The van der Waals surface area contributed by atoms with Crippen molar-refractivity contribution < 1.29 is 27.1 Å². The van der Waals surface area contributed by atoms with Crippen molar-refractivity contribution in [3.8, 4) is 17.5 Å². The van der Waals surface area contributed by atoms with E-state index in [1.807, 2.05) is 18.7 Å². The first-order valence-electron chi connectivity index (χ1n) is 11.4. The molecule has 2 aromatic heterocycles. The van der Waals surface area contributed by atoms with Crippen LogP contribution in [0.2, 0.25) is 0 Å². The smallest absolute Gasteiger partial charge is 0.424 e. The van der Waals surface area contributed by atoms with Gasteiger partial charge in [-0.3, -0.25) is 0 Å². The van der Waals surface area contributed by atoms with Crippen LogP contribution in [0.1, 0.15) is 50.6 Å². The van der Waals surface area contributed by atoms with E-state index in [0.29, 0.717) is 30.0 Å². The van der Waals surface area contributed by atoms with Crippen LogP contribution >= 0.6 is 0 Å². The number of aryl methyl sites for hydroxylation is 1. The second-order valence-electron chi connectivity index (χ2n) is 9.19. The van der Waals surface area contributed by atoms with Crippen LogP contribution in [-0.4, -0.2) is 43.9 Å². The lowest BCUT2D eigenvalue weighted by Gasteiger charge is -2.41. The quantitative estimate of drug-likeness (QED) is 0.540. The maximum absolute atomic E-state index is 12.4. The Labute approximate surface area is 199 Å².